The van der Waals surface area contributed by atoms with E-state index < -0.39 is 10.0 Å². The number of anilines is 2. The first-order chi connectivity index (χ1) is 12.0. The zero-order chi connectivity index (χ0) is 17.9. The SMILES string of the molecule is CSc1cccc(NC(=O)CSC2=NS(=O)(=O)c3ccccc3N2)c1. The third-order valence-corrected chi connectivity index (χ3v) is 6.35. The van der Waals surface area contributed by atoms with Crippen LogP contribution in [0.1, 0.15) is 0 Å². The molecule has 0 bridgehead atoms. The molecule has 2 aromatic rings. The van der Waals surface area contributed by atoms with E-state index in [1.54, 1.807) is 36.0 Å². The molecule has 6 nitrogen and oxygen atoms in total. The summed E-state index contributed by atoms with van der Waals surface area (Å²) in [6, 6.07) is 14.0. The summed E-state index contributed by atoms with van der Waals surface area (Å²) in [5.74, 6) is -0.184. The van der Waals surface area contributed by atoms with Gasteiger partial charge in [-0.15, -0.1) is 16.2 Å². The van der Waals surface area contributed by atoms with E-state index in [4.69, 9.17) is 0 Å². The Balaban J connectivity index is 1.64. The average Bonchev–Trinajstić information content (AvgIpc) is 2.60. The van der Waals surface area contributed by atoms with Crippen molar-refractivity contribution in [3.63, 3.8) is 0 Å². The molecule has 0 fully saturated rings. The van der Waals surface area contributed by atoms with Gasteiger partial charge >= 0.3 is 0 Å². The maximum Gasteiger partial charge on any atom is 0.286 e. The summed E-state index contributed by atoms with van der Waals surface area (Å²) in [5.41, 5.74) is 1.17. The van der Waals surface area contributed by atoms with E-state index in [1.165, 1.54) is 6.07 Å². The van der Waals surface area contributed by atoms with Gasteiger partial charge in [0.2, 0.25) is 5.91 Å². The number of hydrogen-bond donors (Lipinski definition) is 2. The number of carbonyl (C=O) groups excluding carboxylic acids is 1. The number of nitrogens with one attached hydrogen (secondary N) is 2. The zero-order valence-corrected chi connectivity index (χ0v) is 15.7. The van der Waals surface area contributed by atoms with Crippen LogP contribution in [-0.4, -0.2) is 31.5 Å². The molecule has 9 heteroatoms. The van der Waals surface area contributed by atoms with Crippen LogP contribution in [0.25, 0.3) is 0 Å². The summed E-state index contributed by atoms with van der Waals surface area (Å²) >= 11 is 2.63. The number of sulfonamides is 1. The molecular formula is C16H15N3O3S3. The molecule has 0 aromatic heterocycles. The van der Waals surface area contributed by atoms with Gasteiger partial charge < -0.3 is 10.6 Å². The minimum absolute atomic E-state index is 0.0486. The molecule has 1 aliphatic heterocycles. The van der Waals surface area contributed by atoms with E-state index in [1.807, 2.05) is 24.5 Å². The molecule has 0 unspecified atom stereocenters. The number of hydrogen-bond acceptors (Lipinski definition) is 6. The van der Waals surface area contributed by atoms with Crippen molar-refractivity contribution in [2.45, 2.75) is 9.79 Å². The number of amides is 1. The van der Waals surface area contributed by atoms with Gasteiger partial charge in [-0.2, -0.15) is 8.42 Å². The van der Waals surface area contributed by atoms with Gasteiger partial charge in [-0.1, -0.05) is 30.0 Å². The Kier molecular flexibility index (Phi) is 5.36. The summed E-state index contributed by atoms with van der Waals surface area (Å²) in [6.07, 6.45) is 1.96. The lowest BCUT2D eigenvalue weighted by molar-refractivity contribution is -0.113. The van der Waals surface area contributed by atoms with Crippen molar-refractivity contribution in [3.8, 4) is 0 Å². The molecule has 1 heterocycles. The normalized spacial score (nSPS) is 14.8. The van der Waals surface area contributed by atoms with Gasteiger partial charge in [0.1, 0.15) is 4.90 Å². The number of amidine groups is 1. The van der Waals surface area contributed by atoms with Gasteiger partial charge in [0.05, 0.1) is 11.4 Å². The number of benzene rings is 2. The molecule has 0 aliphatic carbocycles. The Morgan fingerprint density at radius 3 is 2.80 bits per heavy atom. The third kappa shape index (κ3) is 4.36. The fourth-order valence-corrected chi connectivity index (χ4v) is 4.68. The van der Waals surface area contributed by atoms with Crippen molar-refractivity contribution in [1.29, 1.82) is 0 Å². The summed E-state index contributed by atoms with van der Waals surface area (Å²) < 4.78 is 28.0. The van der Waals surface area contributed by atoms with Crippen LogP contribution in [-0.2, 0) is 14.8 Å². The first-order valence-corrected chi connectivity index (χ1v) is 10.9. The minimum Gasteiger partial charge on any atom is -0.333 e. The summed E-state index contributed by atoms with van der Waals surface area (Å²) in [5, 5.41) is 5.92. The lowest BCUT2D eigenvalue weighted by Crippen LogP contribution is -2.22. The van der Waals surface area contributed by atoms with Crippen LogP contribution in [0.4, 0.5) is 11.4 Å². The van der Waals surface area contributed by atoms with Crippen LogP contribution < -0.4 is 10.6 Å². The molecule has 0 radical (unpaired) electrons. The van der Waals surface area contributed by atoms with E-state index in [0.717, 1.165) is 16.7 Å². The Labute approximate surface area is 154 Å². The predicted octanol–water partition coefficient (Wildman–Crippen LogP) is 3.25. The van der Waals surface area contributed by atoms with Gasteiger partial charge in [-0.3, -0.25) is 4.79 Å². The molecule has 0 saturated heterocycles. The van der Waals surface area contributed by atoms with Crippen molar-refractivity contribution >= 4 is 56.0 Å². The van der Waals surface area contributed by atoms with Crippen molar-refractivity contribution in [2.75, 3.05) is 22.6 Å². The second-order valence-electron chi connectivity index (χ2n) is 5.06. The number of thioether (sulfide) groups is 2. The Bertz CT molecular complexity index is 942. The zero-order valence-electron chi connectivity index (χ0n) is 13.2. The van der Waals surface area contributed by atoms with Gasteiger partial charge in [0.15, 0.2) is 5.17 Å². The van der Waals surface area contributed by atoms with Crippen LogP contribution in [0.15, 0.2) is 62.7 Å². The highest BCUT2D eigenvalue weighted by Gasteiger charge is 2.24. The summed E-state index contributed by atoms with van der Waals surface area (Å²) in [7, 11) is -3.74. The highest BCUT2D eigenvalue weighted by molar-refractivity contribution is 8.15. The van der Waals surface area contributed by atoms with Gasteiger partial charge in [0, 0.05) is 10.6 Å². The van der Waals surface area contributed by atoms with E-state index in [2.05, 4.69) is 15.0 Å². The molecule has 2 N–H and O–H groups in total. The monoisotopic (exact) mass is 393 g/mol. The lowest BCUT2D eigenvalue weighted by atomic mass is 10.3. The molecule has 2 aromatic carbocycles. The predicted molar refractivity (Wildman–Crippen MR) is 104 cm³/mol. The maximum absolute atomic E-state index is 12.1. The van der Waals surface area contributed by atoms with Gasteiger partial charge in [0.25, 0.3) is 10.0 Å². The third-order valence-electron chi connectivity index (χ3n) is 3.30. The smallest absolute Gasteiger partial charge is 0.286 e. The van der Waals surface area contributed by atoms with Crippen molar-refractivity contribution < 1.29 is 13.2 Å². The number of carbonyl (C=O) groups is 1. The largest absolute Gasteiger partial charge is 0.333 e. The Morgan fingerprint density at radius 1 is 1.20 bits per heavy atom. The average molecular weight is 394 g/mol. The van der Waals surface area contributed by atoms with Gasteiger partial charge in [-0.25, -0.2) is 0 Å². The van der Waals surface area contributed by atoms with E-state index >= 15 is 0 Å². The quantitative estimate of drug-likeness (QED) is 0.776. The van der Waals surface area contributed by atoms with Crippen LogP contribution in [0.3, 0.4) is 0 Å². The van der Waals surface area contributed by atoms with E-state index in [-0.39, 0.29) is 21.7 Å². The second kappa shape index (κ2) is 7.51. The maximum atomic E-state index is 12.1. The number of rotatable bonds is 4. The molecule has 130 valence electrons. The summed E-state index contributed by atoms with van der Waals surface area (Å²) in [4.78, 5) is 13.3. The molecule has 1 aliphatic rings. The fourth-order valence-electron chi connectivity index (χ4n) is 2.19. The molecule has 0 atom stereocenters. The Morgan fingerprint density at radius 2 is 2.00 bits per heavy atom. The van der Waals surface area contributed by atoms with Crippen molar-refractivity contribution in [3.05, 3.63) is 48.5 Å². The van der Waals surface area contributed by atoms with Crippen molar-refractivity contribution in [2.24, 2.45) is 4.40 Å². The first-order valence-electron chi connectivity index (χ1n) is 7.26. The second-order valence-corrected chi connectivity index (χ2v) is 8.48. The highest BCUT2D eigenvalue weighted by Crippen LogP contribution is 2.29. The summed E-state index contributed by atoms with van der Waals surface area (Å²) in [6.45, 7) is 0. The molecule has 25 heavy (non-hydrogen) atoms. The van der Waals surface area contributed by atoms with Gasteiger partial charge in [-0.05, 0) is 36.6 Å². The number of fused-ring (bicyclic) bond motifs is 1. The van der Waals surface area contributed by atoms with Crippen LogP contribution in [0, 0.1) is 0 Å². The molecule has 3 rings (SSSR count). The van der Waals surface area contributed by atoms with Crippen LogP contribution in [0.5, 0.6) is 0 Å². The van der Waals surface area contributed by atoms with Crippen LogP contribution >= 0.6 is 23.5 Å². The highest BCUT2D eigenvalue weighted by atomic mass is 32.2. The Hall–Kier alpha value is -1.97. The minimum atomic E-state index is -3.74. The number of nitrogens with zero attached hydrogens (tertiary/aromatic N) is 1. The molecule has 0 saturated carbocycles. The molecule has 1 amide bonds. The van der Waals surface area contributed by atoms with Crippen LogP contribution in [0.2, 0.25) is 0 Å². The number of para-hydroxylation sites is 1. The standard InChI is InChI=1S/C16H15N3O3S3/c1-23-12-6-4-5-11(9-12)17-15(20)10-24-16-18-13-7-2-3-8-14(13)25(21,22)19-16/h2-9H,10H2,1H3,(H,17,20)(H,18,19). The van der Waals surface area contributed by atoms with E-state index in [9.17, 15) is 13.2 Å². The molecular weight excluding hydrogens is 378 g/mol. The fraction of sp³-hybridized carbons (Fsp3) is 0.125. The first kappa shape index (κ1) is 17.8. The molecule has 0 spiro atoms. The van der Waals surface area contributed by atoms with E-state index in [0.29, 0.717) is 11.4 Å². The lowest BCUT2D eigenvalue weighted by Gasteiger charge is -2.17. The van der Waals surface area contributed by atoms with Crippen molar-refractivity contribution in [1.82, 2.24) is 0 Å². The topological polar surface area (TPSA) is 87.6 Å².